The van der Waals surface area contributed by atoms with Crippen LogP contribution in [-0.4, -0.2) is 78.3 Å². The number of hydrogen-bond acceptors (Lipinski definition) is 6. The monoisotopic (exact) mass is 554 g/mol. The Balaban J connectivity index is 1.41. The van der Waals surface area contributed by atoms with Gasteiger partial charge in [0.25, 0.3) is 11.8 Å². The number of amides is 2. The van der Waals surface area contributed by atoms with Crippen LogP contribution in [-0.2, 0) is 9.53 Å². The molecule has 0 N–H and O–H groups in total. The Morgan fingerprint density at radius 2 is 1.84 bits per heavy atom. The molecular weight excluding hydrogens is 527 g/mol. The van der Waals surface area contributed by atoms with Gasteiger partial charge in [0.2, 0.25) is 0 Å². The molecule has 7 nitrogen and oxygen atoms in total. The summed E-state index contributed by atoms with van der Waals surface area (Å²) in [6.07, 6.45) is 0.309. The average molecular weight is 555 g/mol. The van der Waals surface area contributed by atoms with Gasteiger partial charge in [-0.1, -0.05) is 54.1 Å². The van der Waals surface area contributed by atoms with Crippen LogP contribution in [0.3, 0.4) is 0 Å². The molecule has 0 bridgehead atoms. The minimum Gasteiger partial charge on any atom is -0.379 e. The van der Waals surface area contributed by atoms with Gasteiger partial charge in [0.15, 0.2) is 0 Å². The summed E-state index contributed by atoms with van der Waals surface area (Å²) in [5, 5.41) is 8.29. The molecule has 0 unspecified atom stereocenters. The summed E-state index contributed by atoms with van der Waals surface area (Å²) in [7, 11) is 0. The zero-order valence-electron chi connectivity index (χ0n) is 20.8. The fourth-order valence-electron chi connectivity index (χ4n) is 4.72. The number of hydrogen-bond donors (Lipinski definition) is 0. The van der Waals surface area contributed by atoms with Crippen LogP contribution in [0.5, 0.6) is 0 Å². The van der Waals surface area contributed by atoms with Crippen molar-refractivity contribution in [1.82, 2.24) is 14.8 Å². The Kier molecular flexibility index (Phi) is 8.48. The van der Waals surface area contributed by atoms with E-state index in [-0.39, 0.29) is 18.4 Å². The molecule has 2 aliphatic rings. The standard InChI is InChI=1S/C28H28ClFN4O3S/c29-22-8-3-1-6-20(22)24-18-25(21-7-2-4-9-23(21)30)34(31-24)27(35)19-33(28(36)26-10-5-17-38-26)12-11-32-13-15-37-16-14-32/h1-10,17,25H,11-16,18-19H2/t25-/m0/s1. The molecule has 1 atom stereocenters. The lowest BCUT2D eigenvalue weighted by Crippen LogP contribution is -2.46. The lowest BCUT2D eigenvalue weighted by atomic mass is 9.98. The number of nitrogens with zero attached hydrogens (tertiary/aromatic N) is 4. The molecule has 198 valence electrons. The maximum absolute atomic E-state index is 14.9. The van der Waals surface area contributed by atoms with Gasteiger partial charge in [-0.2, -0.15) is 5.10 Å². The number of rotatable bonds is 8. The first-order valence-electron chi connectivity index (χ1n) is 12.5. The maximum atomic E-state index is 14.9. The Labute approximate surface area is 230 Å². The average Bonchev–Trinajstić information content (AvgIpc) is 3.63. The number of carbonyl (C=O) groups is 2. The van der Waals surface area contributed by atoms with Crippen LogP contribution >= 0.6 is 22.9 Å². The van der Waals surface area contributed by atoms with Gasteiger partial charge in [-0.3, -0.25) is 14.5 Å². The summed E-state index contributed by atoms with van der Waals surface area (Å²) in [6, 6.07) is 16.6. The van der Waals surface area contributed by atoms with Crippen molar-refractivity contribution < 1.29 is 18.7 Å². The molecule has 1 fully saturated rings. The van der Waals surface area contributed by atoms with Crippen LogP contribution in [0.1, 0.15) is 33.3 Å². The van der Waals surface area contributed by atoms with Crippen LogP contribution in [0.25, 0.3) is 0 Å². The second kappa shape index (κ2) is 12.2. The van der Waals surface area contributed by atoms with Gasteiger partial charge in [0.05, 0.1) is 29.8 Å². The first kappa shape index (κ1) is 26.5. The van der Waals surface area contributed by atoms with E-state index in [1.807, 2.05) is 29.6 Å². The van der Waals surface area contributed by atoms with E-state index in [9.17, 15) is 14.0 Å². The Bertz CT molecular complexity index is 1310. The molecule has 10 heteroatoms. The largest absolute Gasteiger partial charge is 0.379 e. The predicted octanol–water partition coefficient (Wildman–Crippen LogP) is 4.69. The molecule has 0 aliphatic carbocycles. The fourth-order valence-corrected chi connectivity index (χ4v) is 5.65. The Morgan fingerprint density at radius 3 is 2.58 bits per heavy atom. The first-order chi connectivity index (χ1) is 18.5. The molecule has 2 aromatic carbocycles. The summed E-state index contributed by atoms with van der Waals surface area (Å²) < 4.78 is 20.3. The topological polar surface area (TPSA) is 65.5 Å². The molecule has 2 aliphatic heterocycles. The molecule has 0 radical (unpaired) electrons. The van der Waals surface area contributed by atoms with E-state index in [1.54, 1.807) is 35.2 Å². The van der Waals surface area contributed by atoms with Crippen molar-refractivity contribution in [3.05, 3.63) is 92.9 Å². The third kappa shape index (κ3) is 5.96. The normalized spacial score (nSPS) is 17.9. The second-order valence-electron chi connectivity index (χ2n) is 9.16. The van der Waals surface area contributed by atoms with E-state index in [0.29, 0.717) is 59.5 Å². The van der Waals surface area contributed by atoms with E-state index >= 15 is 0 Å². The van der Waals surface area contributed by atoms with Crippen molar-refractivity contribution in [2.24, 2.45) is 5.10 Å². The molecular formula is C28H28ClFN4O3S. The van der Waals surface area contributed by atoms with Gasteiger partial charge >= 0.3 is 0 Å². The highest BCUT2D eigenvalue weighted by atomic mass is 35.5. The summed E-state index contributed by atoms with van der Waals surface area (Å²) in [5.74, 6) is -1.00. The summed E-state index contributed by atoms with van der Waals surface area (Å²) in [4.78, 5) is 31.5. The van der Waals surface area contributed by atoms with E-state index < -0.39 is 11.9 Å². The summed E-state index contributed by atoms with van der Waals surface area (Å²) >= 11 is 7.77. The number of ether oxygens (including phenoxy) is 1. The molecule has 3 heterocycles. The molecule has 1 saturated heterocycles. The third-order valence-electron chi connectivity index (χ3n) is 6.75. The van der Waals surface area contributed by atoms with Crippen molar-refractivity contribution in [1.29, 1.82) is 0 Å². The zero-order valence-corrected chi connectivity index (χ0v) is 22.3. The van der Waals surface area contributed by atoms with Crippen molar-refractivity contribution >= 4 is 40.5 Å². The molecule has 0 spiro atoms. The summed E-state index contributed by atoms with van der Waals surface area (Å²) in [5.41, 5.74) is 1.67. The number of carbonyl (C=O) groups excluding carboxylic acids is 2. The van der Waals surface area contributed by atoms with Crippen molar-refractivity contribution in [2.75, 3.05) is 45.9 Å². The minimum absolute atomic E-state index is 0.175. The van der Waals surface area contributed by atoms with Gasteiger partial charge in [0.1, 0.15) is 12.4 Å². The van der Waals surface area contributed by atoms with Gasteiger partial charge in [-0.25, -0.2) is 9.40 Å². The van der Waals surface area contributed by atoms with E-state index in [2.05, 4.69) is 10.0 Å². The van der Waals surface area contributed by atoms with Gasteiger partial charge in [0, 0.05) is 48.7 Å². The number of hydrazone groups is 1. The Hall–Kier alpha value is -3.11. The van der Waals surface area contributed by atoms with Crippen LogP contribution in [0.4, 0.5) is 4.39 Å². The van der Waals surface area contributed by atoms with Crippen LogP contribution in [0, 0.1) is 5.82 Å². The van der Waals surface area contributed by atoms with Crippen LogP contribution in [0.2, 0.25) is 5.02 Å². The quantitative estimate of drug-likeness (QED) is 0.405. The minimum atomic E-state index is -0.645. The fraction of sp³-hybridized carbons (Fsp3) is 0.321. The molecule has 2 amide bonds. The first-order valence-corrected chi connectivity index (χ1v) is 13.8. The van der Waals surface area contributed by atoms with Crippen LogP contribution in [0.15, 0.2) is 71.1 Å². The van der Waals surface area contributed by atoms with Gasteiger partial charge < -0.3 is 9.64 Å². The van der Waals surface area contributed by atoms with Crippen molar-refractivity contribution in [2.45, 2.75) is 12.5 Å². The molecule has 0 saturated carbocycles. The lowest BCUT2D eigenvalue weighted by Gasteiger charge is -2.31. The third-order valence-corrected chi connectivity index (χ3v) is 7.94. The summed E-state index contributed by atoms with van der Waals surface area (Å²) in [6.45, 7) is 3.68. The zero-order chi connectivity index (χ0) is 26.5. The van der Waals surface area contributed by atoms with E-state index in [0.717, 1.165) is 13.1 Å². The highest BCUT2D eigenvalue weighted by molar-refractivity contribution is 7.12. The smallest absolute Gasteiger partial charge is 0.264 e. The predicted molar refractivity (Wildman–Crippen MR) is 146 cm³/mol. The number of benzene rings is 2. The van der Waals surface area contributed by atoms with Crippen molar-refractivity contribution in [3.8, 4) is 0 Å². The molecule has 3 aromatic rings. The lowest BCUT2D eigenvalue weighted by molar-refractivity contribution is -0.133. The number of thiophene rings is 1. The molecule has 1 aromatic heterocycles. The van der Waals surface area contributed by atoms with Crippen molar-refractivity contribution in [3.63, 3.8) is 0 Å². The van der Waals surface area contributed by atoms with Crippen LogP contribution < -0.4 is 0 Å². The number of morpholine rings is 1. The molecule has 5 rings (SSSR count). The molecule has 38 heavy (non-hydrogen) atoms. The Morgan fingerprint density at radius 1 is 1.08 bits per heavy atom. The highest BCUT2D eigenvalue weighted by Gasteiger charge is 2.36. The SMILES string of the molecule is O=C(c1cccs1)N(CCN1CCOCC1)CC(=O)N1N=C(c2ccccc2Cl)C[C@H]1c1ccccc1F. The number of halogens is 2. The van der Waals surface area contributed by atoms with E-state index in [4.69, 9.17) is 16.3 Å². The van der Waals surface area contributed by atoms with E-state index in [1.165, 1.54) is 22.4 Å². The maximum Gasteiger partial charge on any atom is 0.264 e. The highest BCUT2D eigenvalue weighted by Crippen LogP contribution is 2.35. The van der Waals surface area contributed by atoms with Gasteiger partial charge in [-0.05, 0) is 23.6 Å². The second-order valence-corrected chi connectivity index (χ2v) is 10.5. The van der Waals surface area contributed by atoms with Gasteiger partial charge in [-0.15, -0.1) is 11.3 Å².